The van der Waals surface area contributed by atoms with Crippen molar-refractivity contribution in [3.8, 4) is 0 Å². The molecule has 19 heavy (non-hydrogen) atoms. The maximum Gasteiger partial charge on any atom is 0.103 e. The number of nitrogens with zero attached hydrogens (tertiary/aromatic N) is 1. The van der Waals surface area contributed by atoms with Crippen LogP contribution in [0.2, 0.25) is 0 Å². The summed E-state index contributed by atoms with van der Waals surface area (Å²) in [7, 11) is 0. The minimum Gasteiger partial charge on any atom is -0.330 e. The van der Waals surface area contributed by atoms with Crippen molar-refractivity contribution in [1.82, 2.24) is 4.98 Å². The topological polar surface area (TPSA) is 38.9 Å². The summed E-state index contributed by atoms with van der Waals surface area (Å²) in [5, 5.41) is 3.48. The SMILES string of the molecule is NCCc1csc(C2(c3ccccc3)CCCC2)n1. The van der Waals surface area contributed by atoms with Gasteiger partial charge in [-0.15, -0.1) is 11.3 Å². The van der Waals surface area contributed by atoms with Crippen molar-refractivity contribution < 1.29 is 0 Å². The molecule has 0 bridgehead atoms. The third-order valence-corrected chi connectivity index (χ3v) is 5.24. The lowest BCUT2D eigenvalue weighted by Crippen LogP contribution is -2.23. The van der Waals surface area contributed by atoms with Gasteiger partial charge in [-0.2, -0.15) is 0 Å². The summed E-state index contributed by atoms with van der Waals surface area (Å²) in [5.74, 6) is 0. The van der Waals surface area contributed by atoms with Crippen LogP contribution in [-0.4, -0.2) is 11.5 Å². The summed E-state index contributed by atoms with van der Waals surface area (Å²) in [5.41, 5.74) is 8.39. The van der Waals surface area contributed by atoms with E-state index in [2.05, 4.69) is 35.7 Å². The lowest BCUT2D eigenvalue weighted by molar-refractivity contribution is 0.530. The first-order chi connectivity index (χ1) is 9.35. The van der Waals surface area contributed by atoms with E-state index in [0.29, 0.717) is 6.54 Å². The van der Waals surface area contributed by atoms with Gasteiger partial charge in [0.05, 0.1) is 5.69 Å². The predicted octanol–water partition coefficient (Wildman–Crippen LogP) is 3.50. The molecule has 0 spiro atoms. The molecule has 0 amide bonds. The molecule has 0 saturated heterocycles. The Balaban J connectivity index is 2.00. The molecule has 1 heterocycles. The zero-order valence-corrected chi connectivity index (χ0v) is 12.0. The summed E-state index contributed by atoms with van der Waals surface area (Å²) in [6.45, 7) is 0.682. The summed E-state index contributed by atoms with van der Waals surface area (Å²) in [6.07, 6.45) is 5.96. The van der Waals surface area contributed by atoms with Crippen LogP contribution in [0, 0.1) is 0 Å². The molecular formula is C16H20N2S. The fraction of sp³-hybridized carbons (Fsp3) is 0.438. The van der Waals surface area contributed by atoms with Gasteiger partial charge in [-0.05, 0) is 24.9 Å². The van der Waals surface area contributed by atoms with Gasteiger partial charge in [-0.25, -0.2) is 4.98 Å². The molecule has 3 rings (SSSR count). The van der Waals surface area contributed by atoms with Crippen molar-refractivity contribution in [2.75, 3.05) is 6.54 Å². The molecule has 100 valence electrons. The number of benzene rings is 1. The van der Waals surface area contributed by atoms with Crippen LogP contribution >= 0.6 is 11.3 Å². The van der Waals surface area contributed by atoms with Gasteiger partial charge in [-0.3, -0.25) is 0 Å². The molecular weight excluding hydrogens is 252 g/mol. The minimum atomic E-state index is 0.165. The highest BCUT2D eigenvalue weighted by molar-refractivity contribution is 7.09. The Labute approximate surface area is 118 Å². The van der Waals surface area contributed by atoms with Gasteiger partial charge in [0.1, 0.15) is 5.01 Å². The van der Waals surface area contributed by atoms with Gasteiger partial charge < -0.3 is 5.73 Å². The highest BCUT2D eigenvalue weighted by atomic mass is 32.1. The monoisotopic (exact) mass is 272 g/mol. The number of hydrogen-bond donors (Lipinski definition) is 1. The molecule has 0 unspecified atom stereocenters. The maximum atomic E-state index is 5.63. The number of rotatable bonds is 4. The van der Waals surface area contributed by atoms with Gasteiger partial charge in [0, 0.05) is 17.2 Å². The number of nitrogens with two attached hydrogens (primary N) is 1. The molecule has 0 atom stereocenters. The Hall–Kier alpha value is -1.19. The fourth-order valence-electron chi connectivity index (χ4n) is 3.15. The van der Waals surface area contributed by atoms with Crippen molar-refractivity contribution in [3.63, 3.8) is 0 Å². The summed E-state index contributed by atoms with van der Waals surface area (Å²) in [6, 6.07) is 10.9. The average molecular weight is 272 g/mol. The van der Waals surface area contributed by atoms with E-state index in [0.717, 1.165) is 12.1 Å². The smallest absolute Gasteiger partial charge is 0.103 e. The standard InChI is InChI=1S/C16H20N2S/c17-11-8-14-12-19-15(18-14)16(9-4-5-10-16)13-6-2-1-3-7-13/h1-3,6-7,12H,4-5,8-11,17H2. The van der Waals surface area contributed by atoms with Crippen molar-refractivity contribution in [3.05, 3.63) is 52.0 Å². The molecule has 0 aliphatic heterocycles. The van der Waals surface area contributed by atoms with E-state index >= 15 is 0 Å². The maximum absolute atomic E-state index is 5.63. The first-order valence-corrected chi connectivity index (χ1v) is 7.93. The van der Waals surface area contributed by atoms with E-state index in [9.17, 15) is 0 Å². The van der Waals surface area contributed by atoms with Crippen molar-refractivity contribution in [2.24, 2.45) is 5.73 Å². The summed E-state index contributed by atoms with van der Waals surface area (Å²) >= 11 is 1.81. The van der Waals surface area contributed by atoms with Crippen LogP contribution in [0.3, 0.4) is 0 Å². The third kappa shape index (κ3) is 2.33. The second-order valence-electron chi connectivity index (χ2n) is 5.34. The van der Waals surface area contributed by atoms with Gasteiger partial charge in [0.15, 0.2) is 0 Å². The molecule has 3 heteroatoms. The first-order valence-electron chi connectivity index (χ1n) is 7.06. The molecule has 2 aromatic rings. The molecule has 1 aromatic heterocycles. The van der Waals surface area contributed by atoms with E-state index < -0.39 is 0 Å². The predicted molar refractivity (Wildman–Crippen MR) is 80.6 cm³/mol. The lowest BCUT2D eigenvalue weighted by atomic mass is 9.79. The van der Waals surface area contributed by atoms with Crippen LogP contribution in [0.15, 0.2) is 35.7 Å². The van der Waals surface area contributed by atoms with Gasteiger partial charge >= 0.3 is 0 Å². The van der Waals surface area contributed by atoms with Crippen LogP contribution in [0.1, 0.15) is 41.9 Å². The number of hydrogen-bond acceptors (Lipinski definition) is 3. The first kappa shape index (κ1) is 12.8. The van der Waals surface area contributed by atoms with E-state index in [1.54, 1.807) is 0 Å². The lowest BCUT2D eigenvalue weighted by Gasteiger charge is -2.27. The summed E-state index contributed by atoms with van der Waals surface area (Å²) in [4.78, 5) is 4.87. The van der Waals surface area contributed by atoms with Crippen molar-refractivity contribution in [1.29, 1.82) is 0 Å². The average Bonchev–Trinajstić information content (AvgIpc) is 3.09. The van der Waals surface area contributed by atoms with Crippen LogP contribution < -0.4 is 5.73 Å². The molecule has 1 aromatic carbocycles. The highest BCUT2D eigenvalue weighted by Gasteiger charge is 2.39. The van der Waals surface area contributed by atoms with Gasteiger partial charge in [0.25, 0.3) is 0 Å². The Bertz CT molecular complexity index is 527. The largest absolute Gasteiger partial charge is 0.330 e. The Morgan fingerprint density at radius 1 is 1.16 bits per heavy atom. The van der Waals surface area contributed by atoms with Crippen LogP contribution in [0.4, 0.5) is 0 Å². The van der Waals surface area contributed by atoms with Crippen molar-refractivity contribution in [2.45, 2.75) is 37.5 Å². The van der Waals surface area contributed by atoms with E-state index in [1.807, 2.05) is 11.3 Å². The quantitative estimate of drug-likeness (QED) is 0.925. The molecule has 1 fully saturated rings. The second kappa shape index (κ2) is 5.43. The molecule has 0 radical (unpaired) electrons. The number of thiazole rings is 1. The molecule has 1 saturated carbocycles. The second-order valence-corrected chi connectivity index (χ2v) is 6.20. The number of aromatic nitrogens is 1. The molecule has 1 aliphatic carbocycles. The normalized spacial score (nSPS) is 17.7. The minimum absolute atomic E-state index is 0.165. The summed E-state index contributed by atoms with van der Waals surface area (Å²) < 4.78 is 0. The highest BCUT2D eigenvalue weighted by Crippen LogP contribution is 2.47. The Morgan fingerprint density at radius 2 is 1.89 bits per heavy atom. The third-order valence-electron chi connectivity index (χ3n) is 4.15. The fourth-order valence-corrected chi connectivity index (χ4v) is 4.29. The van der Waals surface area contributed by atoms with E-state index in [-0.39, 0.29) is 5.41 Å². The molecule has 2 nitrogen and oxygen atoms in total. The van der Waals surface area contributed by atoms with Gasteiger partial charge in [0.2, 0.25) is 0 Å². The van der Waals surface area contributed by atoms with E-state index in [4.69, 9.17) is 10.7 Å². The van der Waals surface area contributed by atoms with Gasteiger partial charge in [-0.1, -0.05) is 43.2 Å². The molecule has 1 aliphatic rings. The van der Waals surface area contributed by atoms with Crippen LogP contribution in [0.25, 0.3) is 0 Å². The Morgan fingerprint density at radius 3 is 2.58 bits per heavy atom. The zero-order chi connectivity index (χ0) is 13.1. The Kier molecular flexibility index (Phi) is 3.67. The van der Waals surface area contributed by atoms with E-state index in [1.165, 1.54) is 36.3 Å². The zero-order valence-electron chi connectivity index (χ0n) is 11.1. The molecule has 2 N–H and O–H groups in total. The van der Waals surface area contributed by atoms with Crippen LogP contribution in [0.5, 0.6) is 0 Å². The van der Waals surface area contributed by atoms with Crippen molar-refractivity contribution >= 4 is 11.3 Å². The van der Waals surface area contributed by atoms with Crippen LogP contribution in [-0.2, 0) is 11.8 Å².